The number of nitrogens with zero attached hydrogens (tertiary/aromatic N) is 2. The number of hydrogen-bond donors (Lipinski definition) is 1. The molecular weight excluding hydrogens is 342 g/mol. The maximum atomic E-state index is 12.9. The summed E-state index contributed by atoms with van der Waals surface area (Å²) in [5.74, 6) is 0.396. The molecule has 3 rings (SSSR count). The van der Waals surface area contributed by atoms with Gasteiger partial charge in [-0.25, -0.2) is 4.68 Å². The molecule has 27 heavy (non-hydrogen) atoms. The second-order valence-corrected chi connectivity index (χ2v) is 6.19. The molecular formula is C21H23N3O3. The van der Waals surface area contributed by atoms with Gasteiger partial charge in [0.2, 0.25) is 0 Å². The molecule has 0 radical (unpaired) electrons. The lowest BCUT2D eigenvalue weighted by Crippen LogP contribution is -2.27. The van der Waals surface area contributed by atoms with Crippen molar-refractivity contribution in [2.24, 2.45) is 0 Å². The standard InChI is InChI=1S/C21H23N3O3/c1-3-5-14-24-21(26)18-9-7-6-8-17(18)19(23-24)20(25)22-15-10-12-16(13-11-15)27-4-2/h6-13H,3-5,14H2,1-2H3,(H,22,25). The number of carbonyl (C=O) groups excluding carboxylic acids is 1. The number of carbonyl (C=O) groups is 1. The van der Waals surface area contributed by atoms with Crippen LogP contribution in [0.25, 0.3) is 10.8 Å². The van der Waals surface area contributed by atoms with Crippen LogP contribution in [0.4, 0.5) is 5.69 Å². The van der Waals surface area contributed by atoms with Gasteiger partial charge in [-0.1, -0.05) is 31.5 Å². The first kappa shape index (κ1) is 18.6. The minimum Gasteiger partial charge on any atom is -0.494 e. The summed E-state index contributed by atoms with van der Waals surface area (Å²) in [7, 11) is 0. The fourth-order valence-corrected chi connectivity index (χ4v) is 2.85. The highest BCUT2D eigenvalue weighted by atomic mass is 16.5. The van der Waals surface area contributed by atoms with Gasteiger partial charge in [0.05, 0.1) is 12.0 Å². The molecule has 6 heteroatoms. The van der Waals surface area contributed by atoms with Crippen molar-refractivity contribution >= 4 is 22.4 Å². The summed E-state index contributed by atoms with van der Waals surface area (Å²) in [6, 6.07) is 14.2. The normalized spacial score (nSPS) is 10.7. The van der Waals surface area contributed by atoms with Crippen LogP contribution in [0.2, 0.25) is 0 Å². The zero-order valence-corrected chi connectivity index (χ0v) is 15.6. The molecule has 0 spiro atoms. The van der Waals surface area contributed by atoms with Gasteiger partial charge >= 0.3 is 0 Å². The maximum absolute atomic E-state index is 12.9. The Kier molecular flexibility index (Phi) is 5.86. The number of aryl methyl sites for hydroxylation is 1. The second kappa shape index (κ2) is 8.49. The van der Waals surface area contributed by atoms with E-state index in [0.29, 0.717) is 29.6 Å². The summed E-state index contributed by atoms with van der Waals surface area (Å²) in [6.07, 6.45) is 1.76. The van der Waals surface area contributed by atoms with Crippen molar-refractivity contribution in [3.63, 3.8) is 0 Å². The zero-order valence-electron chi connectivity index (χ0n) is 15.6. The Hall–Kier alpha value is -3.15. The molecule has 1 N–H and O–H groups in total. The van der Waals surface area contributed by atoms with E-state index in [-0.39, 0.29) is 17.2 Å². The van der Waals surface area contributed by atoms with Gasteiger partial charge in [0.15, 0.2) is 5.69 Å². The van der Waals surface area contributed by atoms with Crippen LogP contribution in [0, 0.1) is 0 Å². The van der Waals surface area contributed by atoms with E-state index < -0.39 is 0 Å². The summed E-state index contributed by atoms with van der Waals surface area (Å²) >= 11 is 0. The summed E-state index contributed by atoms with van der Waals surface area (Å²) < 4.78 is 6.80. The number of fused-ring (bicyclic) bond motifs is 1. The largest absolute Gasteiger partial charge is 0.494 e. The summed E-state index contributed by atoms with van der Waals surface area (Å²) in [5.41, 5.74) is 0.715. The van der Waals surface area contributed by atoms with Crippen LogP contribution in [-0.4, -0.2) is 22.3 Å². The predicted molar refractivity (Wildman–Crippen MR) is 106 cm³/mol. The monoisotopic (exact) mass is 365 g/mol. The van der Waals surface area contributed by atoms with E-state index in [1.165, 1.54) is 4.68 Å². The quantitative estimate of drug-likeness (QED) is 0.690. The molecule has 0 fully saturated rings. The highest BCUT2D eigenvalue weighted by molar-refractivity contribution is 6.11. The Labute approximate surface area is 157 Å². The van der Waals surface area contributed by atoms with Gasteiger partial charge in [0.25, 0.3) is 11.5 Å². The van der Waals surface area contributed by atoms with Crippen LogP contribution in [0.3, 0.4) is 0 Å². The smallest absolute Gasteiger partial charge is 0.276 e. The molecule has 3 aromatic rings. The molecule has 0 unspecified atom stereocenters. The molecule has 0 aliphatic carbocycles. The molecule has 1 aromatic heterocycles. The molecule has 0 aliphatic rings. The second-order valence-electron chi connectivity index (χ2n) is 6.19. The van der Waals surface area contributed by atoms with Gasteiger partial charge in [-0.2, -0.15) is 5.10 Å². The van der Waals surface area contributed by atoms with E-state index >= 15 is 0 Å². The van der Waals surface area contributed by atoms with Crippen molar-refractivity contribution in [2.75, 3.05) is 11.9 Å². The summed E-state index contributed by atoms with van der Waals surface area (Å²) in [5, 5.41) is 8.25. The van der Waals surface area contributed by atoms with Crippen LogP contribution in [0.1, 0.15) is 37.2 Å². The molecule has 1 amide bonds. The van der Waals surface area contributed by atoms with Gasteiger partial charge < -0.3 is 10.1 Å². The van der Waals surface area contributed by atoms with Gasteiger partial charge in [-0.15, -0.1) is 0 Å². The average molecular weight is 365 g/mol. The fraction of sp³-hybridized carbons (Fsp3) is 0.286. The van der Waals surface area contributed by atoms with E-state index in [9.17, 15) is 9.59 Å². The Morgan fingerprint density at radius 1 is 1.07 bits per heavy atom. The average Bonchev–Trinajstić information content (AvgIpc) is 2.69. The van der Waals surface area contributed by atoms with Crippen LogP contribution in [-0.2, 0) is 6.54 Å². The number of nitrogens with one attached hydrogen (secondary N) is 1. The van der Waals surface area contributed by atoms with Crippen molar-refractivity contribution in [2.45, 2.75) is 33.2 Å². The SMILES string of the molecule is CCCCn1nc(C(=O)Nc2ccc(OCC)cc2)c2ccccc2c1=O. The lowest BCUT2D eigenvalue weighted by molar-refractivity contribution is 0.102. The summed E-state index contributed by atoms with van der Waals surface area (Å²) in [4.78, 5) is 25.5. The van der Waals surface area contributed by atoms with Gasteiger partial charge in [0, 0.05) is 17.6 Å². The molecule has 0 saturated carbocycles. The highest BCUT2D eigenvalue weighted by Crippen LogP contribution is 2.18. The first-order valence-electron chi connectivity index (χ1n) is 9.18. The van der Waals surface area contributed by atoms with Crippen molar-refractivity contribution in [1.29, 1.82) is 0 Å². The van der Waals surface area contributed by atoms with Crippen molar-refractivity contribution in [1.82, 2.24) is 9.78 Å². The first-order chi connectivity index (χ1) is 13.1. The van der Waals surface area contributed by atoms with E-state index in [4.69, 9.17) is 4.74 Å². The topological polar surface area (TPSA) is 73.2 Å². The third-order valence-corrected chi connectivity index (χ3v) is 4.23. The minimum atomic E-state index is -0.347. The number of ether oxygens (including phenoxy) is 1. The predicted octanol–water partition coefficient (Wildman–Crippen LogP) is 3.85. The molecule has 1 heterocycles. The zero-order chi connectivity index (χ0) is 19.2. The molecule has 2 aromatic carbocycles. The van der Waals surface area contributed by atoms with Crippen molar-refractivity contribution < 1.29 is 9.53 Å². The van der Waals surface area contributed by atoms with Crippen LogP contribution in [0.15, 0.2) is 53.3 Å². The molecule has 0 bridgehead atoms. The number of unbranched alkanes of at least 4 members (excludes halogenated alkanes) is 1. The van der Waals surface area contributed by atoms with Gasteiger partial charge in [0.1, 0.15) is 5.75 Å². The maximum Gasteiger partial charge on any atom is 0.276 e. The highest BCUT2D eigenvalue weighted by Gasteiger charge is 2.16. The van der Waals surface area contributed by atoms with E-state index in [1.54, 1.807) is 48.5 Å². The van der Waals surface area contributed by atoms with Crippen molar-refractivity contribution in [3.8, 4) is 5.75 Å². The Bertz CT molecular complexity index is 994. The third-order valence-electron chi connectivity index (χ3n) is 4.23. The van der Waals surface area contributed by atoms with Crippen LogP contribution in [0.5, 0.6) is 5.75 Å². The number of rotatable bonds is 7. The molecule has 0 aliphatic heterocycles. The third kappa shape index (κ3) is 4.16. The van der Waals surface area contributed by atoms with Crippen LogP contribution >= 0.6 is 0 Å². The minimum absolute atomic E-state index is 0.170. The summed E-state index contributed by atoms with van der Waals surface area (Å²) in [6.45, 7) is 5.04. The Morgan fingerprint density at radius 2 is 1.78 bits per heavy atom. The number of hydrogen-bond acceptors (Lipinski definition) is 4. The molecule has 140 valence electrons. The number of amides is 1. The number of anilines is 1. The molecule has 0 atom stereocenters. The fourth-order valence-electron chi connectivity index (χ4n) is 2.85. The van der Waals surface area contributed by atoms with Crippen LogP contribution < -0.4 is 15.6 Å². The van der Waals surface area contributed by atoms with E-state index in [2.05, 4.69) is 10.4 Å². The van der Waals surface area contributed by atoms with E-state index in [1.807, 2.05) is 13.8 Å². The number of aromatic nitrogens is 2. The molecule has 6 nitrogen and oxygen atoms in total. The van der Waals surface area contributed by atoms with Gasteiger partial charge in [-0.3, -0.25) is 9.59 Å². The first-order valence-corrected chi connectivity index (χ1v) is 9.18. The Morgan fingerprint density at radius 3 is 2.44 bits per heavy atom. The molecule has 0 saturated heterocycles. The van der Waals surface area contributed by atoms with E-state index in [0.717, 1.165) is 18.6 Å². The Balaban J connectivity index is 1.95. The lowest BCUT2D eigenvalue weighted by atomic mass is 10.1. The number of benzene rings is 2. The van der Waals surface area contributed by atoms with Crippen molar-refractivity contribution in [3.05, 3.63) is 64.6 Å². The van der Waals surface area contributed by atoms with Gasteiger partial charge in [-0.05, 0) is 43.7 Å². The lowest BCUT2D eigenvalue weighted by Gasteiger charge is -2.11.